The van der Waals surface area contributed by atoms with E-state index in [1.165, 1.54) is 37.4 Å². The number of amides is 1. The van der Waals surface area contributed by atoms with Crippen molar-refractivity contribution in [2.45, 2.75) is 0 Å². The number of methoxy groups -OCH3 is 1. The number of carbonyl (C=O) groups is 2. The summed E-state index contributed by atoms with van der Waals surface area (Å²) in [6.07, 6.45) is 0. The van der Waals surface area contributed by atoms with Crippen LogP contribution < -0.4 is 10.1 Å². The molecule has 6 heteroatoms. The minimum Gasteiger partial charge on any atom is -0.481 e. The molecule has 0 radical (unpaired) electrons. The average molecular weight is 303 g/mol. The fourth-order valence-electron chi connectivity index (χ4n) is 1.71. The number of esters is 1. The summed E-state index contributed by atoms with van der Waals surface area (Å²) in [4.78, 5) is 23.0. The first-order chi connectivity index (χ1) is 10.6. The van der Waals surface area contributed by atoms with Crippen LogP contribution in [0.25, 0.3) is 0 Å². The third-order valence-electron chi connectivity index (χ3n) is 2.79. The molecule has 0 aliphatic rings. The lowest BCUT2D eigenvalue weighted by atomic mass is 10.2. The van der Waals surface area contributed by atoms with E-state index < -0.39 is 17.7 Å². The summed E-state index contributed by atoms with van der Waals surface area (Å²) in [5.41, 5.74) is 0.873. The Labute approximate surface area is 126 Å². The number of hydrogen-bond donors (Lipinski definition) is 1. The van der Waals surface area contributed by atoms with Crippen molar-refractivity contribution in [3.63, 3.8) is 0 Å². The maximum Gasteiger partial charge on any atom is 0.337 e. The van der Waals surface area contributed by atoms with E-state index in [2.05, 4.69) is 10.1 Å². The van der Waals surface area contributed by atoms with E-state index in [4.69, 9.17) is 4.74 Å². The van der Waals surface area contributed by atoms with Gasteiger partial charge in [-0.05, 0) is 36.4 Å². The van der Waals surface area contributed by atoms with Crippen molar-refractivity contribution >= 4 is 17.6 Å². The molecule has 0 saturated carbocycles. The maximum absolute atomic E-state index is 13.3. The first kappa shape index (κ1) is 15.5. The first-order valence-electron chi connectivity index (χ1n) is 6.45. The van der Waals surface area contributed by atoms with E-state index >= 15 is 0 Å². The lowest BCUT2D eigenvalue weighted by Crippen LogP contribution is -2.20. The normalized spacial score (nSPS) is 9.91. The van der Waals surface area contributed by atoms with Gasteiger partial charge in [0.15, 0.2) is 18.2 Å². The van der Waals surface area contributed by atoms with E-state index in [-0.39, 0.29) is 12.4 Å². The van der Waals surface area contributed by atoms with Gasteiger partial charge >= 0.3 is 5.97 Å². The zero-order chi connectivity index (χ0) is 15.9. The van der Waals surface area contributed by atoms with Crippen LogP contribution in [-0.2, 0) is 9.53 Å². The van der Waals surface area contributed by atoms with Crippen LogP contribution in [0.4, 0.5) is 10.1 Å². The summed E-state index contributed by atoms with van der Waals surface area (Å²) in [7, 11) is 1.29. The number of rotatable bonds is 5. The lowest BCUT2D eigenvalue weighted by Gasteiger charge is -2.08. The largest absolute Gasteiger partial charge is 0.481 e. The molecule has 2 rings (SSSR count). The van der Waals surface area contributed by atoms with Crippen molar-refractivity contribution in [2.75, 3.05) is 19.0 Å². The first-order valence-corrected chi connectivity index (χ1v) is 6.45. The Morgan fingerprint density at radius 3 is 2.41 bits per heavy atom. The summed E-state index contributed by atoms with van der Waals surface area (Å²) >= 11 is 0. The molecule has 0 aromatic heterocycles. The van der Waals surface area contributed by atoms with Crippen LogP contribution in [0.2, 0.25) is 0 Å². The van der Waals surface area contributed by atoms with Crippen molar-refractivity contribution in [1.29, 1.82) is 0 Å². The highest BCUT2D eigenvalue weighted by atomic mass is 19.1. The Balaban J connectivity index is 1.89. The van der Waals surface area contributed by atoms with Crippen molar-refractivity contribution in [2.24, 2.45) is 0 Å². The number of carbonyl (C=O) groups excluding carboxylic acids is 2. The van der Waals surface area contributed by atoms with Crippen LogP contribution in [0.15, 0.2) is 48.5 Å². The van der Waals surface area contributed by atoms with Gasteiger partial charge < -0.3 is 14.8 Å². The highest BCUT2D eigenvalue weighted by molar-refractivity contribution is 5.93. The molecule has 114 valence electrons. The number of benzene rings is 2. The molecule has 0 heterocycles. The van der Waals surface area contributed by atoms with Crippen LogP contribution >= 0.6 is 0 Å². The molecule has 0 spiro atoms. The molecular weight excluding hydrogens is 289 g/mol. The average Bonchev–Trinajstić information content (AvgIpc) is 2.54. The van der Waals surface area contributed by atoms with E-state index in [0.29, 0.717) is 11.3 Å². The Morgan fingerprint density at radius 2 is 1.77 bits per heavy atom. The summed E-state index contributed by atoms with van der Waals surface area (Å²) in [5, 5.41) is 2.58. The van der Waals surface area contributed by atoms with Crippen LogP contribution in [0.5, 0.6) is 5.75 Å². The lowest BCUT2D eigenvalue weighted by molar-refractivity contribution is -0.118. The minimum absolute atomic E-state index is 0.0127. The van der Waals surface area contributed by atoms with Crippen molar-refractivity contribution < 1.29 is 23.5 Å². The standard InChI is InChI=1S/C16H14FNO4/c1-21-16(20)11-6-8-12(9-7-11)18-15(19)10-22-14-5-3-2-4-13(14)17/h2-9H,10H2,1H3,(H,18,19). The molecule has 1 N–H and O–H groups in total. The topological polar surface area (TPSA) is 64.6 Å². The molecule has 22 heavy (non-hydrogen) atoms. The van der Waals surface area contributed by atoms with Crippen molar-refractivity contribution in [1.82, 2.24) is 0 Å². The number of ether oxygens (including phenoxy) is 2. The highest BCUT2D eigenvalue weighted by Crippen LogP contribution is 2.15. The minimum atomic E-state index is -0.530. The fraction of sp³-hybridized carbons (Fsp3) is 0.125. The summed E-state index contributed by atoms with van der Waals surface area (Å²) in [6.45, 7) is -0.320. The fourth-order valence-corrected chi connectivity index (χ4v) is 1.71. The summed E-state index contributed by atoms with van der Waals surface area (Å²) in [6, 6.07) is 12.0. The smallest absolute Gasteiger partial charge is 0.337 e. The molecule has 5 nitrogen and oxygen atoms in total. The van der Waals surface area contributed by atoms with Gasteiger partial charge in [0.25, 0.3) is 5.91 Å². The van der Waals surface area contributed by atoms with Gasteiger partial charge in [0.1, 0.15) is 0 Å². The maximum atomic E-state index is 13.3. The van der Waals surface area contributed by atoms with Gasteiger partial charge in [0.2, 0.25) is 0 Å². The number of halogens is 1. The Hall–Kier alpha value is -2.89. The van der Waals surface area contributed by atoms with Gasteiger partial charge in [-0.2, -0.15) is 0 Å². The second kappa shape index (κ2) is 7.21. The van der Waals surface area contributed by atoms with Gasteiger partial charge in [0, 0.05) is 5.69 Å². The third kappa shape index (κ3) is 4.05. The number of para-hydroxylation sites is 1. The Morgan fingerprint density at radius 1 is 1.09 bits per heavy atom. The number of anilines is 1. The number of nitrogens with one attached hydrogen (secondary N) is 1. The van der Waals surface area contributed by atoms with Crippen LogP contribution in [0.3, 0.4) is 0 Å². The predicted octanol–water partition coefficient (Wildman–Crippen LogP) is 2.63. The van der Waals surface area contributed by atoms with E-state index in [9.17, 15) is 14.0 Å². The van der Waals surface area contributed by atoms with E-state index in [1.54, 1.807) is 18.2 Å². The van der Waals surface area contributed by atoms with Gasteiger partial charge in [-0.3, -0.25) is 4.79 Å². The summed E-state index contributed by atoms with van der Waals surface area (Å²) in [5.74, 6) is -1.41. The third-order valence-corrected chi connectivity index (χ3v) is 2.79. The van der Waals surface area contributed by atoms with Crippen molar-refractivity contribution in [3.8, 4) is 5.75 Å². The van der Waals surface area contributed by atoms with Gasteiger partial charge in [0.05, 0.1) is 12.7 Å². The molecule has 0 aliphatic heterocycles. The van der Waals surface area contributed by atoms with E-state index in [0.717, 1.165) is 0 Å². The van der Waals surface area contributed by atoms with Gasteiger partial charge in [-0.1, -0.05) is 12.1 Å². The second-order valence-corrected chi connectivity index (χ2v) is 4.34. The molecule has 1 amide bonds. The molecule has 0 aliphatic carbocycles. The van der Waals surface area contributed by atoms with Gasteiger partial charge in [-0.25, -0.2) is 9.18 Å². The van der Waals surface area contributed by atoms with Crippen molar-refractivity contribution in [3.05, 3.63) is 59.9 Å². The monoisotopic (exact) mass is 303 g/mol. The Bertz CT molecular complexity index is 670. The SMILES string of the molecule is COC(=O)c1ccc(NC(=O)COc2ccccc2F)cc1. The van der Waals surface area contributed by atoms with Gasteiger partial charge in [-0.15, -0.1) is 0 Å². The molecule has 2 aromatic carbocycles. The molecule has 0 bridgehead atoms. The van der Waals surface area contributed by atoms with Crippen LogP contribution in [-0.4, -0.2) is 25.6 Å². The van der Waals surface area contributed by atoms with Crippen LogP contribution in [0.1, 0.15) is 10.4 Å². The predicted molar refractivity (Wildman–Crippen MR) is 78.3 cm³/mol. The molecule has 0 saturated heterocycles. The molecular formula is C16H14FNO4. The molecule has 0 unspecified atom stereocenters. The quantitative estimate of drug-likeness (QED) is 0.862. The summed E-state index contributed by atoms with van der Waals surface area (Å²) < 4.78 is 23.0. The highest BCUT2D eigenvalue weighted by Gasteiger charge is 2.08. The Kier molecular flexibility index (Phi) is 5.08. The van der Waals surface area contributed by atoms with E-state index in [1.807, 2.05) is 0 Å². The zero-order valence-corrected chi connectivity index (χ0v) is 11.8. The molecule has 0 fully saturated rings. The number of hydrogen-bond acceptors (Lipinski definition) is 4. The molecule has 0 atom stereocenters. The second-order valence-electron chi connectivity index (χ2n) is 4.34. The molecule has 2 aromatic rings. The zero-order valence-electron chi connectivity index (χ0n) is 11.8. The van der Waals surface area contributed by atoms with Crippen LogP contribution in [0, 0.1) is 5.82 Å².